The van der Waals surface area contributed by atoms with Crippen LogP contribution >= 0.6 is 11.6 Å². The van der Waals surface area contributed by atoms with Gasteiger partial charge in [-0.15, -0.1) is 0 Å². The third kappa shape index (κ3) is 4.92. The lowest BCUT2D eigenvalue weighted by molar-refractivity contribution is 0.102. The van der Waals surface area contributed by atoms with Gasteiger partial charge in [-0.3, -0.25) is 9.78 Å². The van der Waals surface area contributed by atoms with Crippen LogP contribution in [0, 0.1) is 0 Å². The van der Waals surface area contributed by atoms with Crippen molar-refractivity contribution in [3.8, 4) is 11.3 Å². The molecule has 6 nitrogen and oxygen atoms in total. The van der Waals surface area contributed by atoms with Crippen LogP contribution in [0.5, 0.6) is 0 Å². The minimum absolute atomic E-state index is 0.197. The highest BCUT2D eigenvalue weighted by atomic mass is 35.5. The Morgan fingerprint density at radius 3 is 2.53 bits per heavy atom. The molecule has 0 saturated carbocycles. The molecule has 2 heterocycles. The molecule has 0 bridgehead atoms. The fraction of sp³-hybridized carbons (Fsp3) is 0.120. The van der Waals surface area contributed by atoms with E-state index in [0.717, 1.165) is 33.9 Å². The first-order chi connectivity index (χ1) is 15.5. The Kier molecular flexibility index (Phi) is 6.42. The van der Waals surface area contributed by atoms with Crippen LogP contribution in [0.25, 0.3) is 11.3 Å². The first-order valence-electron chi connectivity index (χ1n) is 10.1. The van der Waals surface area contributed by atoms with Crippen LogP contribution < -0.4 is 10.2 Å². The maximum absolute atomic E-state index is 12.8. The Bertz CT molecular complexity index is 1230. The van der Waals surface area contributed by atoms with Crippen molar-refractivity contribution in [3.05, 3.63) is 101 Å². The van der Waals surface area contributed by atoms with E-state index in [1.54, 1.807) is 24.5 Å². The molecule has 2 aromatic carbocycles. The average molecular weight is 444 g/mol. The van der Waals surface area contributed by atoms with Crippen molar-refractivity contribution in [1.82, 2.24) is 15.0 Å². The summed E-state index contributed by atoms with van der Waals surface area (Å²) in [5.74, 6) is -0.197. The lowest BCUT2D eigenvalue weighted by atomic mass is 10.0. The highest BCUT2D eigenvalue weighted by molar-refractivity contribution is 6.31. The molecule has 0 fully saturated rings. The van der Waals surface area contributed by atoms with E-state index in [2.05, 4.69) is 20.3 Å². The SMILES string of the molecule is CN(C)c1ccc(NC(=O)c2ccc(Cl)c(Cc3ncccc3-c3ccncn3)c2)cc1. The van der Waals surface area contributed by atoms with E-state index in [-0.39, 0.29) is 5.91 Å². The van der Waals surface area contributed by atoms with Gasteiger partial charge in [-0.25, -0.2) is 9.97 Å². The number of nitrogens with zero attached hydrogens (tertiary/aromatic N) is 4. The molecule has 0 radical (unpaired) electrons. The minimum atomic E-state index is -0.197. The van der Waals surface area contributed by atoms with Crippen molar-refractivity contribution in [3.63, 3.8) is 0 Å². The average Bonchev–Trinajstić information content (AvgIpc) is 2.81. The van der Waals surface area contributed by atoms with E-state index in [4.69, 9.17) is 11.6 Å². The van der Waals surface area contributed by atoms with E-state index in [9.17, 15) is 4.79 Å². The molecule has 0 aliphatic carbocycles. The molecule has 1 N–H and O–H groups in total. The lowest BCUT2D eigenvalue weighted by Gasteiger charge is -2.13. The van der Waals surface area contributed by atoms with Gasteiger partial charge >= 0.3 is 0 Å². The fourth-order valence-corrected chi connectivity index (χ4v) is 3.52. The third-order valence-corrected chi connectivity index (χ3v) is 5.42. The number of amides is 1. The number of hydrogen-bond donors (Lipinski definition) is 1. The molecule has 0 aliphatic heterocycles. The van der Waals surface area contributed by atoms with E-state index in [1.165, 1.54) is 6.33 Å². The smallest absolute Gasteiger partial charge is 0.255 e. The van der Waals surface area contributed by atoms with Gasteiger partial charge in [-0.05, 0) is 66.2 Å². The maximum atomic E-state index is 12.8. The summed E-state index contributed by atoms with van der Waals surface area (Å²) >= 11 is 6.47. The van der Waals surface area contributed by atoms with Gasteiger partial charge in [0.25, 0.3) is 5.91 Å². The highest BCUT2D eigenvalue weighted by Gasteiger charge is 2.13. The van der Waals surface area contributed by atoms with Gasteiger partial charge < -0.3 is 10.2 Å². The Morgan fingerprint density at radius 1 is 1.00 bits per heavy atom. The molecule has 4 rings (SSSR count). The standard InChI is InChI=1S/C25H22ClN5O/c1-31(2)20-8-6-19(7-9-20)30-25(32)17-5-10-22(26)18(14-17)15-24-21(4-3-12-28-24)23-11-13-27-16-29-23/h3-14,16H,15H2,1-2H3,(H,30,32). The van der Waals surface area contributed by atoms with Crippen molar-refractivity contribution < 1.29 is 4.79 Å². The molecule has 0 aliphatic rings. The second-order valence-corrected chi connectivity index (χ2v) is 7.88. The first-order valence-corrected chi connectivity index (χ1v) is 10.5. The molecule has 0 unspecified atom stereocenters. The van der Waals surface area contributed by atoms with Gasteiger partial charge in [0.05, 0.1) is 11.4 Å². The Hall–Kier alpha value is -3.77. The number of pyridine rings is 1. The second kappa shape index (κ2) is 9.58. The summed E-state index contributed by atoms with van der Waals surface area (Å²) in [4.78, 5) is 27.7. The van der Waals surface area contributed by atoms with Crippen LogP contribution in [0.3, 0.4) is 0 Å². The summed E-state index contributed by atoms with van der Waals surface area (Å²) in [7, 11) is 3.95. The quantitative estimate of drug-likeness (QED) is 0.449. The molecule has 0 spiro atoms. The van der Waals surface area contributed by atoms with Crippen LogP contribution in [0.2, 0.25) is 5.02 Å². The number of nitrogens with one attached hydrogen (secondary N) is 1. The minimum Gasteiger partial charge on any atom is -0.378 e. The largest absolute Gasteiger partial charge is 0.378 e. The zero-order valence-electron chi connectivity index (χ0n) is 17.8. The van der Waals surface area contributed by atoms with E-state index in [1.807, 2.05) is 67.5 Å². The number of carbonyl (C=O) groups is 1. The van der Waals surface area contributed by atoms with Crippen LogP contribution in [-0.4, -0.2) is 35.0 Å². The van der Waals surface area contributed by atoms with Crippen molar-refractivity contribution in [1.29, 1.82) is 0 Å². The molecule has 0 saturated heterocycles. The number of hydrogen-bond acceptors (Lipinski definition) is 5. The van der Waals surface area contributed by atoms with Crippen LogP contribution in [0.15, 0.2) is 79.4 Å². The zero-order chi connectivity index (χ0) is 22.5. The van der Waals surface area contributed by atoms with Gasteiger partial charge in [0.2, 0.25) is 0 Å². The molecule has 32 heavy (non-hydrogen) atoms. The molecule has 1 amide bonds. The number of halogens is 1. The van der Waals surface area contributed by atoms with E-state index >= 15 is 0 Å². The summed E-state index contributed by atoms with van der Waals surface area (Å²) in [5.41, 5.74) is 5.65. The number of anilines is 2. The fourth-order valence-electron chi connectivity index (χ4n) is 3.34. The van der Waals surface area contributed by atoms with Crippen molar-refractivity contribution >= 4 is 28.9 Å². The number of benzene rings is 2. The van der Waals surface area contributed by atoms with Gasteiger partial charge in [0, 0.05) is 60.4 Å². The normalized spacial score (nSPS) is 10.6. The van der Waals surface area contributed by atoms with Crippen molar-refractivity contribution in [2.24, 2.45) is 0 Å². The predicted molar refractivity (Wildman–Crippen MR) is 128 cm³/mol. The van der Waals surface area contributed by atoms with Gasteiger partial charge in [-0.2, -0.15) is 0 Å². The monoisotopic (exact) mass is 443 g/mol. The van der Waals surface area contributed by atoms with Crippen LogP contribution in [0.4, 0.5) is 11.4 Å². The summed E-state index contributed by atoms with van der Waals surface area (Å²) in [6.45, 7) is 0. The van der Waals surface area contributed by atoms with Crippen molar-refractivity contribution in [2.75, 3.05) is 24.3 Å². The maximum Gasteiger partial charge on any atom is 0.255 e. The summed E-state index contributed by atoms with van der Waals surface area (Å²) in [5, 5.41) is 3.52. The first kappa shape index (κ1) is 21.5. The molecule has 2 aromatic heterocycles. The molecular weight excluding hydrogens is 422 g/mol. The highest BCUT2D eigenvalue weighted by Crippen LogP contribution is 2.26. The summed E-state index contributed by atoms with van der Waals surface area (Å²) < 4.78 is 0. The molecule has 160 valence electrons. The number of carbonyl (C=O) groups excluding carboxylic acids is 1. The molecular formula is C25H22ClN5O. The second-order valence-electron chi connectivity index (χ2n) is 7.47. The molecule has 4 aromatic rings. The Balaban J connectivity index is 1.57. The Morgan fingerprint density at radius 2 is 1.81 bits per heavy atom. The van der Waals surface area contributed by atoms with Crippen LogP contribution in [0.1, 0.15) is 21.6 Å². The lowest BCUT2D eigenvalue weighted by Crippen LogP contribution is -2.13. The van der Waals surface area contributed by atoms with Crippen molar-refractivity contribution in [2.45, 2.75) is 6.42 Å². The number of rotatable bonds is 6. The van der Waals surface area contributed by atoms with Gasteiger partial charge in [0.1, 0.15) is 6.33 Å². The molecule has 0 atom stereocenters. The topological polar surface area (TPSA) is 71.0 Å². The van der Waals surface area contributed by atoms with Gasteiger partial charge in [0.15, 0.2) is 0 Å². The molecule has 7 heteroatoms. The summed E-state index contributed by atoms with van der Waals surface area (Å²) in [6, 6.07) is 18.6. The van der Waals surface area contributed by atoms with E-state index < -0.39 is 0 Å². The summed E-state index contributed by atoms with van der Waals surface area (Å²) in [6.07, 6.45) is 5.41. The predicted octanol–water partition coefficient (Wildman–Crippen LogP) is 5.10. The third-order valence-electron chi connectivity index (χ3n) is 5.06. The number of aromatic nitrogens is 3. The van der Waals surface area contributed by atoms with E-state index in [0.29, 0.717) is 17.0 Å². The van der Waals surface area contributed by atoms with Crippen LogP contribution in [-0.2, 0) is 6.42 Å². The van der Waals surface area contributed by atoms with Gasteiger partial charge in [-0.1, -0.05) is 11.6 Å². The Labute approximate surface area is 191 Å². The zero-order valence-corrected chi connectivity index (χ0v) is 18.5.